The number of H-pyrrole nitrogens is 1. The van der Waals surface area contributed by atoms with Gasteiger partial charge in [0.1, 0.15) is 65.9 Å². The summed E-state index contributed by atoms with van der Waals surface area (Å²) in [4.78, 5) is 170. The number of nitrogens with zero attached hydrogens (tertiary/aromatic N) is 3. The normalized spacial score (nSPS) is 14.7. The highest BCUT2D eigenvalue weighted by atomic mass is 19.1. The van der Waals surface area contributed by atoms with E-state index in [1.807, 2.05) is 56.3 Å². The molecule has 9 atom stereocenters. The van der Waals surface area contributed by atoms with Crippen molar-refractivity contribution >= 4 is 98.6 Å². The first-order valence-electron chi connectivity index (χ1n) is 37.7. The van der Waals surface area contributed by atoms with Crippen LogP contribution in [0.4, 0.5) is 4.39 Å². The first-order valence-corrected chi connectivity index (χ1v) is 37.7. The second-order valence-corrected chi connectivity index (χ2v) is 28.0. The number of halogens is 1. The number of amides is 11. The van der Waals surface area contributed by atoms with Crippen molar-refractivity contribution in [3.8, 4) is 5.75 Å². The number of nitrogens with two attached hydrogens (primary N) is 3. The van der Waals surface area contributed by atoms with Crippen molar-refractivity contribution in [3.63, 3.8) is 0 Å². The molecule has 0 aliphatic carbocycles. The van der Waals surface area contributed by atoms with Gasteiger partial charge >= 0.3 is 0 Å². The predicted octanol–water partition coefficient (Wildman–Crippen LogP) is 1.54. The van der Waals surface area contributed by atoms with E-state index in [9.17, 15) is 48.2 Å². The molecule has 20 N–H and O–H groups in total. The van der Waals surface area contributed by atoms with E-state index in [2.05, 4.69) is 68.5 Å². The van der Waals surface area contributed by atoms with Crippen LogP contribution in [-0.4, -0.2) is 197 Å². The third-order valence-corrected chi connectivity index (χ3v) is 18.6. The summed E-state index contributed by atoms with van der Waals surface area (Å²) in [5.41, 5.74) is 19.2. The van der Waals surface area contributed by atoms with Crippen molar-refractivity contribution in [2.75, 3.05) is 45.9 Å². The molecule has 5 aromatic carbocycles. The van der Waals surface area contributed by atoms with E-state index < -0.39 is 138 Å². The monoisotopic (exact) mass is 1530 g/mol. The summed E-state index contributed by atoms with van der Waals surface area (Å²) in [7, 11) is 0. The van der Waals surface area contributed by atoms with Gasteiger partial charge in [-0.1, -0.05) is 113 Å². The van der Waals surface area contributed by atoms with E-state index in [1.165, 1.54) is 60.4 Å². The number of aliphatic hydroxyl groups excluding tert-OH is 1. The van der Waals surface area contributed by atoms with Crippen LogP contribution in [0.15, 0.2) is 131 Å². The number of rotatable bonds is 43. The maximum Gasteiger partial charge on any atom is 0.245 e. The smallest absolute Gasteiger partial charge is 0.245 e. The van der Waals surface area contributed by atoms with Crippen LogP contribution in [0.3, 0.4) is 0 Å². The van der Waals surface area contributed by atoms with Gasteiger partial charge in [0.25, 0.3) is 0 Å². The molecular formula is C79H107FN18O13. The molecule has 7 rings (SSSR count). The van der Waals surface area contributed by atoms with Crippen molar-refractivity contribution in [2.24, 2.45) is 33.1 Å². The van der Waals surface area contributed by atoms with E-state index in [1.54, 1.807) is 44.3 Å². The molecule has 598 valence electrons. The van der Waals surface area contributed by atoms with Crippen molar-refractivity contribution in [1.82, 2.24) is 68.4 Å². The maximum absolute atomic E-state index is 15.2. The third-order valence-electron chi connectivity index (χ3n) is 18.6. The molecule has 6 aromatic rings. The number of likely N-dealkylation sites (tertiary alicyclic amines) is 1. The summed E-state index contributed by atoms with van der Waals surface area (Å²) in [6.07, 6.45) is 3.95. The number of aromatic nitrogens is 1. The Kier molecular flexibility index (Phi) is 34.4. The minimum atomic E-state index is -1.85. The van der Waals surface area contributed by atoms with E-state index in [0.717, 1.165) is 23.6 Å². The summed E-state index contributed by atoms with van der Waals surface area (Å²) in [6.45, 7) is 9.12. The van der Waals surface area contributed by atoms with Gasteiger partial charge in [-0.3, -0.25) is 62.7 Å². The molecule has 0 bridgehead atoms. The van der Waals surface area contributed by atoms with Crippen LogP contribution in [0, 0.1) is 11.7 Å². The van der Waals surface area contributed by atoms with Crippen molar-refractivity contribution in [2.45, 2.75) is 179 Å². The van der Waals surface area contributed by atoms with Crippen LogP contribution in [0.1, 0.15) is 121 Å². The Labute approximate surface area is 644 Å². The fourth-order valence-corrected chi connectivity index (χ4v) is 12.9. The fourth-order valence-electron chi connectivity index (χ4n) is 12.9. The standard InChI is InChI=1S/C79H107FN18O13/c1-6-33-85-79(86-34-7-2)87-35-13-12-20-59(69(103)93-61(38-47(3)4)70(104)92-60(21-14-36-84-78(82)83)77(111)98-37-15-22-67(98)76(110)89-45-68(81)102)91-72(106)63(41-50-26-31-56(101)32-27-50)95-75(109)66(46-99)97-74(108)65(43-54-44-88-58-19-11-10-18-57(54)58)96-73(107)64(40-49-24-29-55(80)30-25-49)94-71(105)62(90-48(5)100)42-51-23-28-52-16-8-9-17-53(52)39-51/h8-11,16-19,23-32,39,44,47,59-67,88,99,101H,6-7,12-15,20-22,33-38,40-43,45-46H2,1-5H3,(H2,81,102)(H,89,110)(H,90,100)(H,91,106)(H,92,104)(H,93,103)(H,94,105)(H,95,109)(H,96,107)(H,97,108)(H4,82,83,84)(H2,85,86,87)/t59-,60+,61+,62-,63+,64-,65-,66+,67+/m1/s1. The number of aromatic hydroxyl groups is 1. The molecule has 1 aromatic heterocycles. The highest BCUT2D eigenvalue weighted by molar-refractivity contribution is 6.00. The highest BCUT2D eigenvalue weighted by Gasteiger charge is 2.40. The summed E-state index contributed by atoms with van der Waals surface area (Å²) >= 11 is 0. The van der Waals surface area contributed by atoms with Gasteiger partial charge in [-0.2, -0.15) is 0 Å². The van der Waals surface area contributed by atoms with Crippen LogP contribution in [-0.2, 0) is 78.4 Å². The van der Waals surface area contributed by atoms with Crippen molar-refractivity contribution in [3.05, 3.63) is 150 Å². The van der Waals surface area contributed by atoms with Gasteiger partial charge in [-0.05, 0) is 133 Å². The molecule has 2 heterocycles. The minimum absolute atomic E-state index is 0.00246. The van der Waals surface area contributed by atoms with Gasteiger partial charge in [-0.15, -0.1) is 0 Å². The molecule has 0 radical (unpaired) electrons. The topological polar surface area (TPSA) is 482 Å². The number of guanidine groups is 2. The number of nitrogens with one attached hydrogen (secondary N) is 12. The SMILES string of the molecule is CCCNC(=NCCCC[C@@H](NC(=O)[C@H](Cc1ccc(O)cc1)NC(=O)[C@H](CO)NC(=O)[C@@H](Cc1c[nH]c2ccccc12)NC(=O)[C@@H](Cc1ccc(F)cc1)NC(=O)[C@@H](Cc1ccc2ccccc2c1)NC(C)=O)C(=O)N[C@@H](CC(C)C)C(=O)N[C@@H](CCCN=C(N)N)C(=O)N1CCC[C@H]1C(=O)NCC(N)=O)NCCC. The number of hydrogen-bond donors (Lipinski definition) is 17. The Morgan fingerprint density at radius 2 is 1.06 bits per heavy atom. The van der Waals surface area contributed by atoms with E-state index in [0.29, 0.717) is 65.0 Å². The summed E-state index contributed by atoms with van der Waals surface area (Å²) in [5, 5.41) is 54.7. The molecule has 111 heavy (non-hydrogen) atoms. The Morgan fingerprint density at radius 3 is 1.67 bits per heavy atom. The largest absolute Gasteiger partial charge is 0.508 e. The molecule has 1 saturated heterocycles. The number of aliphatic imine (C=N–C) groups is 2. The first kappa shape index (κ1) is 86.5. The molecular weight excluding hydrogens is 1430 g/mol. The number of phenolic OH excluding ortho intramolecular Hbond substituents is 1. The van der Waals surface area contributed by atoms with Crippen LogP contribution < -0.4 is 75.7 Å². The molecule has 0 spiro atoms. The molecule has 11 amide bonds. The lowest BCUT2D eigenvalue weighted by Crippen LogP contribution is -2.61. The zero-order valence-electron chi connectivity index (χ0n) is 63.5. The molecule has 32 heteroatoms. The second-order valence-electron chi connectivity index (χ2n) is 28.0. The van der Waals surface area contributed by atoms with Gasteiger partial charge in [0.15, 0.2) is 11.9 Å². The molecule has 1 fully saturated rings. The number of carbonyl (C=O) groups is 11. The average molecular weight is 1540 g/mol. The van der Waals surface area contributed by atoms with Gasteiger partial charge < -0.3 is 95.8 Å². The molecule has 1 aliphatic heterocycles. The minimum Gasteiger partial charge on any atom is -0.508 e. The van der Waals surface area contributed by atoms with Gasteiger partial charge in [0.2, 0.25) is 65.0 Å². The number of fused-ring (bicyclic) bond motifs is 2. The number of aliphatic hydroxyl groups is 1. The van der Waals surface area contributed by atoms with Crippen LogP contribution >= 0.6 is 0 Å². The molecule has 31 nitrogen and oxygen atoms in total. The number of hydrogen-bond acceptors (Lipinski definition) is 15. The number of unbranched alkanes of at least 4 members (excludes halogenated alkanes) is 1. The average Bonchev–Trinajstić information content (AvgIpc) is 1.75. The van der Waals surface area contributed by atoms with Crippen LogP contribution in [0.2, 0.25) is 0 Å². The number of benzene rings is 5. The number of para-hydroxylation sites is 1. The number of phenols is 1. The number of aromatic amines is 1. The van der Waals surface area contributed by atoms with Gasteiger partial charge in [-0.25, -0.2) is 4.39 Å². The lowest BCUT2D eigenvalue weighted by molar-refractivity contribution is -0.142. The Bertz CT molecular complexity index is 4200. The first-order chi connectivity index (χ1) is 53.2. The molecule has 0 unspecified atom stereocenters. The Balaban J connectivity index is 1.18. The van der Waals surface area contributed by atoms with Crippen LogP contribution in [0.25, 0.3) is 21.7 Å². The highest BCUT2D eigenvalue weighted by Crippen LogP contribution is 2.24. The summed E-state index contributed by atoms with van der Waals surface area (Å²) in [5.74, 6) is -9.53. The lowest BCUT2D eigenvalue weighted by Gasteiger charge is -2.30. The van der Waals surface area contributed by atoms with Gasteiger partial charge in [0, 0.05) is 82.4 Å². The maximum atomic E-state index is 15.2. The fraction of sp³-hybridized carbons (Fsp3) is 0.456. The summed E-state index contributed by atoms with van der Waals surface area (Å²) in [6, 6.07) is 18.3. The second kappa shape index (κ2) is 44.1. The molecule has 1 aliphatic rings. The zero-order chi connectivity index (χ0) is 80.5. The number of primary amides is 1. The zero-order valence-corrected chi connectivity index (χ0v) is 63.5. The van der Waals surface area contributed by atoms with Crippen LogP contribution in [0.5, 0.6) is 5.75 Å². The van der Waals surface area contributed by atoms with E-state index in [-0.39, 0.29) is 101 Å². The van der Waals surface area contributed by atoms with E-state index in [4.69, 9.17) is 22.2 Å². The Morgan fingerprint density at radius 1 is 0.559 bits per heavy atom. The van der Waals surface area contributed by atoms with Gasteiger partial charge in [0.05, 0.1) is 13.2 Å². The lowest BCUT2D eigenvalue weighted by atomic mass is 9.99. The summed E-state index contributed by atoms with van der Waals surface area (Å²) < 4.78 is 14.4. The van der Waals surface area contributed by atoms with E-state index >= 15 is 19.2 Å². The van der Waals surface area contributed by atoms with Crippen molar-refractivity contribution < 1.29 is 67.3 Å². The predicted molar refractivity (Wildman–Crippen MR) is 419 cm³/mol. The molecule has 0 saturated carbocycles. The van der Waals surface area contributed by atoms with Crippen molar-refractivity contribution in [1.29, 1.82) is 0 Å². The number of carbonyl (C=O) groups excluding carboxylic acids is 11. The third kappa shape index (κ3) is 28.0. The Hall–Kier alpha value is -11.7. The quantitative estimate of drug-likeness (QED) is 0.0147.